The van der Waals surface area contributed by atoms with Crippen molar-refractivity contribution in [1.29, 1.82) is 0 Å². The molecule has 1 atom stereocenters. The lowest BCUT2D eigenvalue weighted by molar-refractivity contribution is -0.121. The Hall–Kier alpha value is -3.02. The number of aryl methyl sites for hydroxylation is 1. The molecule has 2 rings (SSSR count). The van der Waals surface area contributed by atoms with E-state index >= 15 is 0 Å². The molecule has 0 spiro atoms. The number of anilines is 1. The van der Waals surface area contributed by atoms with Gasteiger partial charge in [0.2, 0.25) is 0 Å². The third-order valence-corrected chi connectivity index (χ3v) is 3.39. The number of hydrogen-bond acceptors (Lipinski definition) is 5. The van der Waals surface area contributed by atoms with Gasteiger partial charge in [-0.25, -0.2) is 5.43 Å². The van der Waals surface area contributed by atoms with Crippen molar-refractivity contribution in [2.75, 3.05) is 12.4 Å². The highest BCUT2D eigenvalue weighted by molar-refractivity contribution is 5.86. The molecule has 0 fully saturated rings. The Labute approximate surface area is 141 Å². The highest BCUT2D eigenvalue weighted by atomic mass is 16.5. The van der Waals surface area contributed by atoms with Crippen molar-refractivity contribution >= 4 is 17.8 Å². The van der Waals surface area contributed by atoms with E-state index in [1.807, 2.05) is 31.2 Å². The maximum atomic E-state index is 12.0. The summed E-state index contributed by atoms with van der Waals surface area (Å²) in [5.74, 6) is 0.146. The van der Waals surface area contributed by atoms with Crippen LogP contribution in [0, 0.1) is 6.92 Å². The Morgan fingerprint density at radius 1 is 1.29 bits per heavy atom. The Morgan fingerprint density at radius 2 is 2.08 bits per heavy atom. The van der Waals surface area contributed by atoms with Gasteiger partial charge in [0.15, 0.2) is 11.5 Å². The van der Waals surface area contributed by atoms with Crippen molar-refractivity contribution in [3.8, 4) is 11.5 Å². The van der Waals surface area contributed by atoms with Crippen molar-refractivity contribution in [3.05, 3.63) is 53.6 Å². The maximum absolute atomic E-state index is 12.0. The molecule has 0 aliphatic heterocycles. The van der Waals surface area contributed by atoms with E-state index in [-0.39, 0.29) is 11.7 Å². The number of amides is 1. The largest absolute Gasteiger partial charge is 0.504 e. The summed E-state index contributed by atoms with van der Waals surface area (Å²) in [7, 11) is 1.47. The molecular formula is C18H21N3O3. The molecule has 0 aliphatic rings. The van der Waals surface area contributed by atoms with Gasteiger partial charge in [-0.2, -0.15) is 5.10 Å². The molecule has 1 amide bonds. The lowest BCUT2D eigenvalue weighted by Gasteiger charge is -2.13. The number of nitrogens with one attached hydrogen (secondary N) is 2. The molecule has 2 aromatic carbocycles. The van der Waals surface area contributed by atoms with Crippen LogP contribution in [0.1, 0.15) is 18.1 Å². The number of phenols is 1. The molecule has 0 unspecified atom stereocenters. The molecule has 0 aliphatic carbocycles. The van der Waals surface area contributed by atoms with Crippen LogP contribution in [0.2, 0.25) is 0 Å². The summed E-state index contributed by atoms with van der Waals surface area (Å²) in [6, 6.07) is 12.2. The number of benzene rings is 2. The van der Waals surface area contributed by atoms with Gasteiger partial charge in [0.05, 0.1) is 13.3 Å². The summed E-state index contributed by atoms with van der Waals surface area (Å²) in [5, 5.41) is 16.6. The molecule has 0 aromatic heterocycles. The van der Waals surface area contributed by atoms with Crippen molar-refractivity contribution in [2.45, 2.75) is 19.9 Å². The second-order valence-electron chi connectivity index (χ2n) is 5.40. The van der Waals surface area contributed by atoms with Gasteiger partial charge in [0.1, 0.15) is 6.04 Å². The predicted molar refractivity (Wildman–Crippen MR) is 94.7 cm³/mol. The van der Waals surface area contributed by atoms with Crippen molar-refractivity contribution < 1.29 is 14.6 Å². The summed E-state index contributed by atoms with van der Waals surface area (Å²) in [4.78, 5) is 12.0. The minimum absolute atomic E-state index is 0.0506. The van der Waals surface area contributed by atoms with Gasteiger partial charge in [-0.1, -0.05) is 12.1 Å². The fourth-order valence-corrected chi connectivity index (χ4v) is 2.09. The highest BCUT2D eigenvalue weighted by Gasteiger charge is 2.11. The lowest BCUT2D eigenvalue weighted by Crippen LogP contribution is -2.34. The Balaban J connectivity index is 1.92. The van der Waals surface area contributed by atoms with E-state index in [0.717, 1.165) is 11.3 Å². The van der Waals surface area contributed by atoms with E-state index in [1.54, 1.807) is 19.1 Å². The zero-order chi connectivity index (χ0) is 17.5. The van der Waals surface area contributed by atoms with E-state index < -0.39 is 6.04 Å². The average Bonchev–Trinajstić information content (AvgIpc) is 2.56. The maximum Gasteiger partial charge on any atom is 0.262 e. The number of hydrogen-bond donors (Lipinski definition) is 3. The SMILES string of the molecule is COc1cc(/C=N\NC(=O)[C@H](C)Nc2cccc(C)c2)ccc1O. The van der Waals surface area contributed by atoms with Crippen LogP contribution in [0.4, 0.5) is 5.69 Å². The van der Waals surface area contributed by atoms with Gasteiger partial charge < -0.3 is 15.2 Å². The number of nitrogens with zero attached hydrogens (tertiary/aromatic N) is 1. The summed E-state index contributed by atoms with van der Waals surface area (Å²) in [6.45, 7) is 3.75. The normalized spacial score (nSPS) is 12.0. The van der Waals surface area contributed by atoms with Gasteiger partial charge in [0, 0.05) is 5.69 Å². The molecule has 24 heavy (non-hydrogen) atoms. The fraction of sp³-hybridized carbons (Fsp3) is 0.222. The third kappa shape index (κ3) is 4.74. The first-order valence-corrected chi connectivity index (χ1v) is 7.52. The van der Waals surface area contributed by atoms with Crippen LogP contribution in [0.25, 0.3) is 0 Å². The highest BCUT2D eigenvalue weighted by Crippen LogP contribution is 2.25. The molecule has 0 bridgehead atoms. The number of carbonyl (C=O) groups excluding carboxylic acids is 1. The third-order valence-electron chi connectivity index (χ3n) is 3.39. The van der Waals surface area contributed by atoms with Crippen molar-refractivity contribution in [1.82, 2.24) is 5.43 Å². The number of aromatic hydroxyl groups is 1. The molecule has 2 aromatic rings. The first-order chi connectivity index (χ1) is 11.5. The molecule has 0 radical (unpaired) electrons. The molecule has 126 valence electrons. The summed E-state index contributed by atoms with van der Waals surface area (Å²) >= 11 is 0. The molecule has 6 nitrogen and oxygen atoms in total. The van der Waals surface area contributed by atoms with Gasteiger partial charge in [-0.05, 0) is 55.3 Å². The number of carbonyl (C=O) groups is 1. The standard InChI is InChI=1S/C18H21N3O3/c1-12-5-4-6-15(9-12)20-13(2)18(23)21-19-11-14-7-8-16(22)17(10-14)24-3/h4-11,13,20,22H,1-3H3,(H,21,23)/b19-11-/t13-/m0/s1. The lowest BCUT2D eigenvalue weighted by atomic mass is 10.2. The number of rotatable bonds is 6. The molecular weight excluding hydrogens is 306 g/mol. The van der Waals surface area contributed by atoms with Crippen LogP contribution in [0.5, 0.6) is 11.5 Å². The van der Waals surface area contributed by atoms with Gasteiger partial charge in [-0.3, -0.25) is 4.79 Å². The van der Waals surface area contributed by atoms with E-state index in [1.165, 1.54) is 19.4 Å². The first kappa shape index (κ1) is 17.3. The van der Waals surface area contributed by atoms with Crippen LogP contribution in [-0.4, -0.2) is 30.4 Å². The molecule has 0 heterocycles. The number of methoxy groups -OCH3 is 1. The summed E-state index contributed by atoms with van der Waals surface area (Å²) in [5.41, 5.74) is 5.18. The van der Waals surface area contributed by atoms with Crippen LogP contribution in [-0.2, 0) is 4.79 Å². The van der Waals surface area contributed by atoms with Gasteiger partial charge >= 0.3 is 0 Å². The van der Waals surface area contributed by atoms with E-state index in [9.17, 15) is 9.90 Å². The average molecular weight is 327 g/mol. The number of hydrazone groups is 1. The van der Waals surface area contributed by atoms with Gasteiger partial charge in [0.25, 0.3) is 5.91 Å². The molecule has 3 N–H and O–H groups in total. The second kappa shape index (κ2) is 8.01. The summed E-state index contributed by atoms with van der Waals surface area (Å²) < 4.78 is 5.02. The second-order valence-corrected chi connectivity index (χ2v) is 5.40. The minimum Gasteiger partial charge on any atom is -0.504 e. The van der Waals surface area contributed by atoms with Crippen molar-refractivity contribution in [2.24, 2.45) is 5.10 Å². The van der Waals surface area contributed by atoms with Crippen LogP contribution in [0.15, 0.2) is 47.6 Å². The molecule has 0 saturated carbocycles. The summed E-state index contributed by atoms with van der Waals surface area (Å²) in [6.07, 6.45) is 1.49. The van der Waals surface area contributed by atoms with E-state index in [0.29, 0.717) is 11.3 Å². The zero-order valence-corrected chi connectivity index (χ0v) is 13.9. The monoisotopic (exact) mass is 327 g/mol. The smallest absolute Gasteiger partial charge is 0.262 e. The van der Waals surface area contributed by atoms with Crippen LogP contribution in [0.3, 0.4) is 0 Å². The Morgan fingerprint density at radius 3 is 2.79 bits per heavy atom. The first-order valence-electron chi connectivity index (χ1n) is 7.52. The number of ether oxygens (including phenoxy) is 1. The molecule has 0 saturated heterocycles. The molecule has 6 heteroatoms. The Kier molecular flexibility index (Phi) is 5.78. The van der Waals surface area contributed by atoms with Crippen LogP contribution < -0.4 is 15.5 Å². The van der Waals surface area contributed by atoms with E-state index in [4.69, 9.17) is 4.74 Å². The predicted octanol–water partition coefficient (Wildman–Crippen LogP) is 2.66. The topological polar surface area (TPSA) is 83.0 Å². The van der Waals surface area contributed by atoms with Gasteiger partial charge in [-0.15, -0.1) is 0 Å². The van der Waals surface area contributed by atoms with E-state index in [2.05, 4.69) is 15.8 Å². The van der Waals surface area contributed by atoms with Crippen LogP contribution >= 0.6 is 0 Å². The quantitative estimate of drug-likeness (QED) is 0.563. The minimum atomic E-state index is -0.432. The number of phenolic OH excluding ortho intramolecular Hbond substituents is 1. The van der Waals surface area contributed by atoms with Crippen molar-refractivity contribution in [3.63, 3.8) is 0 Å². The Bertz CT molecular complexity index is 744. The fourth-order valence-electron chi connectivity index (χ4n) is 2.09. The zero-order valence-electron chi connectivity index (χ0n) is 13.9.